The van der Waals surface area contributed by atoms with Crippen LogP contribution in [-0.2, 0) is 18.3 Å². The molecule has 0 spiro atoms. The molecule has 1 aliphatic rings. The minimum atomic E-state index is -3.65. The highest BCUT2D eigenvalue weighted by molar-refractivity contribution is 8.28. The molecule has 6 nitrogen and oxygen atoms in total. The van der Waals surface area contributed by atoms with Crippen LogP contribution in [0.3, 0.4) is 0 Å². The molecule has 1 heterocycles. The predicted molar refractivity (Wildman–Crippen MR) is 75.1 cm³/mol. The van der Waals surface area contributed by atoms with Crippen LogP contribution in [0, 0.1) is 0 Å². The summed E-state index contributed by atoms with van der Waals surface area (Å²) in [7, 11) is 3.57. The van der Waals surface area contributed by atoms with E-state index in [9.17, 15) is 8.42 Å². The first-order chi connectivity index (χ1) is 8.20. The van der Waals surface area contributed by atoms with Crippen LogP contribution < -0.4 is 4.52 Å². The molecule has 12 heteroatoms. The van der Waals surface area contributed by atoms with Gasteiger partial charge in [0.2, 0.25) is 0 Å². The van der Waals surface area contributed by atoms with Gasteiger partial charge in [-0.3, -0.25) is 0 Å². The van der Waals surface area contributed by atoms with Gasteiger partial charge in [-0.15, -0.1) is 8.28 Å². The molecule has 1 aromatic rings. The summed E-state index contributed by atoms with van der Waals surface area (Å²) in [6, 6.07) is 8.28. The maximum absolute atomic E-state index is 11.6. The minimum absolute atomic E-state index is 0.314. The molecule has 0 aromatic heterocycles. The van der Waals surface area contributed by atoms with Crippen LogP contribution in [-0.4, -0.2) is 8.42 Å². The Balaban J connectivity index is 2.55. The second kappa shape index (κ2) is 4.85. The first-order valence-electron chi connectivity index (χ1n) is 4.24. The molecular weight excluding hydrogens is 364 g/mol. The molecule has 0 amide bonds. The Morgan fingerprint density at radius 1 is 1.11 bits per heavy atom. The maximum atomic E-state index is 11.6. The smallest absolute Gasteiger partial charge is 0.367 e. The topological polar surface area (TPSA) is 80.5 Å². The third kappa shape index (κ3) is 3.76. The third-order valence-corrected chi connectivity index (χ3v) is 10.1. The van der Waals surface area contributed by atoms with Crippen LogP contribution in [0.2, 0.25) is 0 Å². The highest BCUT2D eigenvalue weighted by Gasteiger charge is 2.30. The fourth-order valence-electron chi connectivity index (χ4n) is 1.06. The van der Waals surface area contributed by atoms with Gasteiger partial charge in [-0.05, 0) is 23.4 Å². The van der Waals surface area contributed by atoms with E-state index >= 15 is 0 Å². The van der Waals surface area contributed by atoms with E-state index in [1.165, 1.54) is 0 Å². The zero-order valence-electron chi connectivity index (χ0n) is 8.35. The van der Waals surface area contributed by atoms with Gasteiger partial charge < -0.3 is 4.52 Å². The lowest BCUT2D eigenvalue weighted by Crippen LogP contribution is -1.98. The number of nitrogens with zero attached hydrogens (tertiary/aromatic N) is 3. The summed E-state index contributed by atoms with van der Waals surface area (Å²) in [5.74, 6) is 0.314. The van der Waals surface area contributed by atoms with Crippen molar-refractivity contribution in [1.82, 2.24) is 0 Å². The fourth-order valence-corrected chi connectivity index (χ4v) is 11.2. The van der Waals surface area contributed by atoms with Crippen molar-refractivity contribution < 1.29 is 12.9 Å². The SMILES string of the molecule is O=S1(Cl)=NP(Cl)(Oc2ccccc2)=NS(=O)(Cl)=N1. The number of hydrogen-bond donors (Lipinski definition) is 0. The Morgan fingerprint density at radius 3 is 2.28 bits per heavy atom. The lowest BCUT2D eigenvalue weighted by atomic mass is 10.3. The van der Waals surface area contributed by atoms with E-state index in [-0.39, 0.29) is 0 Å². The summed E-state index contributed by atoms with van der Waals surface area (Å²) >= 11 is 5.95. The Labute approximate surface area is 118 Å². The summed E-state index contributed by atoms with van der Waals surface area (Å²) in [6.07, 6.45) is 0. The first-order valence-corrected chi connectivity index (χ1v) is 11.4. The molecule has 0 N–H and O–H groups in total. The first kappa shape index (κ1) is 14.4. The highest BCUT2D eigenvalue weighted by atomic mass is 35.7. The quantitative estimate of drug-likeness (QED) is 0.575. The highest BCUT2D eigenvalue weighted by Crippen LogP contribution is 2.61. The summed E-state index contributed by atoms with van der Waals surface area (Å²) in [4.78, 5) is 0. The van der Waals surface area contributed by atoms with E-state index in [1.807, 2.05) is 0 Å². The van der Waals surface area contributed by atoms with Gasteiger partial charge in [0.25, 0.3) is 18.3 Å². The summed E-state index contributed by atoms with van der Waals surface area (Å²) in [6.45, 7) is -3.51. The van der Waals surface area contributed by atoms with Gasteiger partial charge in [0, 0.05) is 21.4 Å². The predicted octanol–water partition coefficient (Wildman–Crippen LogP) is 4.34. The van der Waals surface area contributed by atoms with Gasteiger partial charge in [0.05, 0.1) is 0 Å². The Kier molecular flexibility index (Phi) is 3.89. The van der Waals surface area contributed by atoms with Crippen molar-refractivity contribution in [3.8, 4) is 5.75 Å². The molecule has 1 aliphatic heterocycles. The lowest BCUT2D eigenvalue weighted by Gasteiger charge is -2.15. The molecule has 100 valence electrons. The monoisotopic (exact) mass is 367 g/mol. The van der Waals surface area contributed by atoms with Crippen LogP contribution in [0.4, 0.5) is 0 Å². The number of halogens is 3. The van der Waals surface area contributed by atoms with Gasteiger partial charge in [0.15, 0.2) is 0 Å². The zero-order chi connectivity index (χ0) is 13.4. The van der Waals surface area contributed by atoms with Crippen LogP contribution >= 0.6 is 39.4 Å². The van der Waals surface area contributed by atoms with Gasteiger partial charge >= 0.3 is 6.78 Å². The van der Waals surface area contributed by atoms with Crippen LogP contribution in [0.25, 0.3) is 0 Å². The van der Waals surface area contributed by atoms with Crippen molar-refractivity contribution in [2.75, 3.05) is 0 Å². The number of para-hydroxylation sites is 1. The summed E-state index contributed by atoms with van der Waals surface area (Å²) in [5, 5.41) is 0. The van der Waals surface area contributed by atoms with E-state index in [1.54, 1.807) is 30.3 Å². The van der Waals surface area contributed by atoms with Crippen LogP contribution in [0.15, 0.2) is 42.4 Å². The van der Waals surface area contributed by atoms with Crippen LogP contribution in [0.5, 0.6) is 5.75 Å². The Morgan fingerprint density at radius 2 is 1.72 bits per heavy atom. The van der Waals surface area contributed by atoms with E-state index in [0.29, 0.717) is 5.75 Å². The molecule has 0 saturated heterocycles. The largest absolute Gasteiger partial charge is 0.430 e. The normalized spacial score (nSPS) is 39.1. The molecular formula is C6H5Cl3N3O3PS2. The summed E-state index contributed by atoms with van der Waals surface area (Å²) in [5.41, 5.74) is 0. The van der Waals surface area contributed by atoms with Gasteiger partial charge in [0.1, 0.15) is 5.75 Å². The molecule has 0 radical (unpaired) electrons. The number of benzene rings is 1. The van der Waals surface area contributed by atoms with E-state index in [4.69, 9.17) is 37.1 Å². The van der Waals surface area contributed by atoms with Gasteiger partial charge in [-0.2, -0.15) is 0 Å². The van der Waals surface area contributed by atoms with Crippen molar-refractivity contribution in [2.45, 2.75) is 0 Å². The zero-order valence-corrected chi connectivity index (χ0v) is 13.1. The molecule has 3 atom stereocenters. The van der Waals surface area contributed by atoms with Crippen molar-refractivity contribution in [3.63, 3.8) is 0 Å². The molecule has 2 rings (SSSR count). The molecule has 0 saturated carbocycles. The lowest BCUT2D eigenvalue weighted by molar-refractivity contribution is 0.617. The van der Waals surface area contributed by atoms with Crippen molar-refractivity contribution >= 4 is 57.6 Å². The number of rotatable bonds is 2. The molecule has 1 aromatic carbocycles. The van der Waals surface area contributed by atoms with Gasteiger partial charge in [-0.25, -0.2) is 8.42 Å². The second-order valence-electron chi connectivity index (χ2n) is 2.98. The third-order valence-electron chi connectivity index (χ3n) is 1.55. The second-order valence-corrected chi connectivity index (χ2v) is 11.5. The maximum Gasteiger partial charge on any atom is 0.367 e. The van der Waals surface area contributed by atoms with E-state index < -0.39 is 25.0 Å². The fraction of sp³-hybridized carbons (Fsp3) is 0. The molecule has 0 bridgehead atoms. The van der Waals surface area contributed by atoms with Crippen molar-refractivity contribution in [2.24, 2.45) is 12.1 Å². The van der Waals surface area contributed by atoms with Crippen molar-refractivity contribution in [3.05, 3.63) is 30.3 Å². The van der Waals surface area contributed by atoms with Gasteiger partial charge in [-0.1, -0.05) is 22.0 Å². The average molecular weight is 369 g/mol. The molecule has 18 heavy (non-hydrogen) atoms. The molecule has 0 fully saturated rings. The molecule has 3 unspecified atom stereocenters. The molecule has 0 aliphatic carbocycles. The number of hydrogen-bond acceptors (Lipinski definition) is 4. The average Bonchev–Trinajstić information content (AvgIpc) is 2.11. The summed E-state index contributed by atoms with van der Waals surface area (Å²) < 4.78 is 38.5. The van der Waals surface area contributed by atoms with E-state index in [0.717, 1.165) is 0 Å². The standard InChI is InChI=1S/C6H5Cl3N3O3PS2/c7-16(15-6-4-2-1-3-5-6)10-17(8,13)12-18(9,14)11-16/h1-5H. The minimum Gasteiger partial charge on any atom is -0.430 e. The van der Waals surface area contributed by atoms with E-state index in [2.05, 4.69) is 12.1 Å². The Hall–Kier alpha value is 0.0200. The Bertz CT molecular complexity index is 751. The van der Waals surface area contributed by atoms with Crippen molar-refractivity contribution in [1.29, 1.82) is 0 Å². The van der Waals surface area contributed by atoms with Crippen LogP contribution in [0.1, 0.15) is 0 Å².